The topological polar surface area (TPSA) is 53.4 Å². The fourth-order valence-corrected chi connectivity index (χ4v) is 2.15. The van der Waals surface area contributed by atoms with E-state index in [1.165, 1.54) is 10.9 Å². The fraction of sp³-hybridized carbons (Fsp3) is 0.222. The number of fused-ring (bicyclic) bond motifs is 1. The van der Waals surface area contributed by atoms with Gasteiger partial charge in [-0.25, -0.2) is 4.98 Å². The van der Waals surface area contributed by atoms with Gasteiger partial charge in [-0.1, -0.05) is 13.8 Å². The Morgan fingerprint density at radius 3 is 2.13 bits per heavy atom. The predicted octanol–water partition coefficient (Wildman–Crippen LogP) is 3.43. The average Bonchev–Trinajstić information content (AvgIpc) is 2.63. The Morgan fingerprint density at radius 1 is 0.913 bits per heavy atom. The first kappa shape index (κ1) is 16.5. The summed E-state index contributed by atoms with van der Waals surface area (Å²) in [5.74, 6) is 1.42. The van der Waals surface area contributed by atoms with Crippen molar-refractivity contribution in [3.63, 3.8) is 0 Å². The van der Waals surface area contributed by atoms with Gasteiger partial charge in [0.05, 0.1) is 30.8 Å². The maximum Gasteiger partial charge on any atom is 0.265 e. The Bertz CT molecular complexity index is 839. The molecule has 0 saturated heterocycles. The van der Waals surface area contributed by atoms with Crippen LogP contribution in [-0.4, -0.2) is 23.8 Å². The van der Waals surface area contributed by atoms with Crippen LogP contribution in [0.1, 0.15) is 13.8 Å². The van der Waals surface area contributed by atoms with Gasteiger partial charge < -0.3 is 9.47 Å². The van der Waals surface area contributed by atoms with Crippen molar-refractivity contribution in [3.05, 3.63) is 59.1 Å². The van der Waals surface area contributed by atoms with Crippen LogP contribution in [0, 0.1) is 0 Å². The molecule has 0 spiro atoms. The van der Waals surface area contributed by atoms with E-state index in [-0.39, 0.29) is 5.56 Å². The summed E-state index contributed by atoms with van der Waals surface area (Å²) < 4.78 is 11.8. The van der Waals surface area contributed by atoms with Crippen molar-refractivity contribution in [2.24, 2.45) is 0 Å². The molecule has 0 unspecified atom stereocenters. The van der Waals surface area contributed by atoms with E-state index in [9.17, 15) is 4.79 Å². The lowest BCUT2D eigenvalue weighted by atomic mass is 10.2. The second kappa shape index (κ2) is 7.45. The van der Waals surface area contributed by atoms with Crippen LogP contribution in [-0.2, 0) is 0 Å². The molecule has 1 heterocycles. The van der Waals surface area contributed by atoms with Crippen LogP contribution in [0.3, 0.4) is 0 Å². The molecule has 120 valence electrons. The first-order chi connectivity index (χ1) is 11.2. The van der Waals surface area contributed by atoms with Gasteiger partial charge in [-0.15, -0.1) is 0 Å². The van der Waals surface area contributed by atoms with Crippen molar-refractivity contribution in [2.45, 2.75) is 13.8 Å². The highest BCUT2D eigenvalue weighted by atomic mass is 16.5. The molecule has 2 aromatic carbocycles. The molecule has 3 aromatic rings. The number of aromatic nitrogens is 2. The summed E-state index contributed by atoms with van der Waals surface area (Å²) in [6.07, 6.45) is 1.52. The van der Waals surface area contributed by atoms with Gasteiger partial charge in [0, 0.05) is 6.07 Å². The first-order valence-corrected chi connectivity index (χ1v) is 7.43. The quantitative estimate of drug-likeness (QED) is 0.743. The summed E-state index contributed by atoms with van der Waals surface area (Å²) in [6, 6.07) is 12.5. The van der Waals surface area contributed by atoms with E-state index in [1.807, 2.05) is 26.0 Å². The summed E-state index contributed by atoms with van der Waals surface area (Å²) >= 11 is 0. The molecule has 5 heteroatoms. The third-order valence-corrected chi connectivity index (χ3v) is 3.32. The summed E-state index contributed by atoms with van der Waals surface area (Å²) in [4.78, 5) is 16.9. The van der Waals surface area contributed by atoms with Crippen LogP contribution < -0.4 is 15.0 Å². The Kier molecular flexibility index (Phi) is 5.36. The minimum atomic E-state index is -0.118. The summed E-state index contributed by atoms with van der Waals surface area (Å²) in [5.41, 5.74) is 1.24. The zero-order chi connectivity index (χ0) is 16.8. The van der Waals surface area contributed by atoms with Crippen LogP contribution in [0.2, 0.25) is 0 Å². The number of ether oxygens (including phenoxy) is 2. The maximum atomic E-state index is 12.5. The molecule has 0 saturated carbocycles. The highest BCUT2D eigenvalue weighted by Gasteiger charge is 2.07. The molecule has 0 aliphatic heterocycles. The predicted molar refractivity (Wildman–Crippen MR) is 91.8 cm³/mol. The van der Waals surface area contributed by atoms with Crippen molar-refractivity contribution in [2.75, 3.05) is 14.2 Å². The van der Waals surface area contributed by atoms with E-state index >= 15 is 0 Å². The van der Waals surface area contributed by atoms with E-state index in [0.717, 1.165) is 11.4 Å². The number of nitrogens with zero attached hydrogens (tertiary/aromatic N) is 2. The lowest BCUT2D eigenvalue weighted by molar-refractivity contribution is 0.414. The van der Waals surface area contributed by atoms with Gasteiger partial charge in [-0.3, -0.25) is 9.36 Å². The van der Waals surface area contributed by atoms with Crippen LogP contribution in [0.15, 0.2) is 53.6 Å². The lowest BCUT2D eigenvalue weighted by Gasteiger charge is -2.08. The highest BCUT2D eigenvalue weighted by Crippen LogP contribution is 2.18. The Hall–Kier alpha value is -2.82. The molecule has 0 radical (unpaired) electrons. The fourth-order valence-electron chi connectivity index (χ4n) is 2.15. The Morgan fingerprint density at radius 2 is 1.52 bits per heavy atom. The van der Waals surface area contributed by atoms with Gasteiger partial charge in [0.15, 0.2) is 0 Å². The summed E-state index contributed by atoms with van der Waals surface area (Å²) in [5, 5.41) is 0.550. The number of hydrogen-bond donors (Lipinski definition) is 0. The molecule has 0 fully saturated rings. The molecule has 23 heavy (non-hydrogen) atoms. The number of rotatable bonds is 3. The molecule has 5 nitrogen and oxygen atoms in total. The van der Waals surface area contributed by atoms with Gasteiger partial charge in [-0.2, -0.15) is 0 Å². The molecule has 0 atom stereocenters. The maximum absolute atomic E-state index is 12.5. The van der Waals surface area contributed by atoms with Crippen molar-refractivity contribution in [1.29, 1.82) is 0 Å². The zero-order valence-corrected chi connectivity index (χ0v) is 13.7. The van der Waals surface area contributed by atoms with Gasteiger partial charge in [0.1, 0.15) is 17.8 Å². The Balaban J connectivity index is 0.000000924. The third kappa shape index (κ3) is 3.34. The van der Waals surface area contributed by atoms with E-state index in [2.05, 4.69) is 4.98 Å². The van der Waals surface area contributed by atoms with Crippen LogP contribution >= 0.6 is 0 Å². The van der Waals surface area contributed by atoms with Crippen molar-refractivity contribution in [3.8, 4) is 17.2 Å². The first-order valence-electron chi connectivity index (χ1n) is 7.43. The molecule has 1 aromatic heterocycles. The van der Waals surface area contributed by atoms with Gasteiger partial charge in [-0.05, 0) is 36.4 Å². The zero-order valence-electron chi connectivity index (χ0n) is 13.7. The van der Waals surface area contributed by atoms with Crippen LogP contribution in [0.4, 0.5) is 0 Å². The van der Waals surface area contributed by atoms with Gasteiger partial charge in [0.2, 0.25) is 0 Å². The molecule has 0 amide bonds. The molecule has 0 aliphatic carbocycles. The van der Waals surface area contributed by atoms with E-state index in [4.69, 9.17) is 9.47 Å². The minimum Gasteiger partial charge on any atom is -0.497 e. The third-order valence-electron chi connectivity index (χ3n) is 3.32. The highest BCUT2D eigenvalue weighted by molar-refractivity contribution is 5.79. The second-order valence-corrected chi connectivity index (χ2v) is 4.50. The van der Waals surface area contributed by atoms with E-state index in [0.29, 0.717) is 16.7 Å². The monoisotopic (exact) mass is 312 g/mol. The van der Waals surface area contributed by atoms with Crippen LogP contribution in [0.5, 0.6) is 11.5 Å². The number of hydrogen-bond acceptors (Lipinski definition) is 4. The molecular formula is C18H20N2O3. The number of benzene rings is 2. The molecular weight excluding hydrogens is 292 g/mol. The molecule has 0 bridgehead atoms. The largest absolute Gasteiger partial charge is 0.497 e. The average molecular weight is 312 g/mol. The summed E-state index contributed by atoms with van der Waals surface area (Å²) in [6.45, 7) is 4.00. The minimum absolute atomic E-state index is 0.118. The smallest absolute Gasteiger partial charge is 0.265 e. The normalized spacial score (nSPS) is 9.91. The summed E-state index contributed by atoms with van der Waals surface area (Å²) in [7, 11) is 3.19. The van der Waals surface area contributed by atoms with Crippen molar-refractivity contribution in [1.82, 2.24) is 9.55 Å². The SMILES string of the molecule is CC.COc1ccc(-n2cnc3cc(OC)ccc3c2=O)cc1. The standard InChI is InChI=1S/C16H14N2O3.C2H6/c1-20-12-5-3-11(4-6-12)18-10-17-15-9-13(21-2)7-8-14(15)16(18)19;1-2/h3-10H,1-2H3;1-2H3. The van der Waals surface area contributed by atoms with Crippen molar-refractivity contribution < 1.29 is 9.47 Å². The van der Waals surface area contributed by atoms with E-state index in [1.54, 1.807) is 44.6 Å². The Labute approximate surface area is 135 Å². The van der Waals surface area contributed by atoms with Crippen LogP contribution in [0.25, 0.3) is 16.6 Å². The van der Waals surface area contributed by atoms with Gasteiger partial charge in [0.25, 0.3) is 5.56 Å². The molecule has 0 N–H and O–H groups in total. The lowest BCUT2D eigenvalue weighted by Crippen LogP contribution is -2.18. The molecule has 3 rings (SSSR count). The second-order valence-electron chi connectivity index (χ2n) is 4.50. The van der Waals surface area contributed by atoms with E-state index < -0.39 is 0 Å². The molecule has 0 aliphatic rings. The number of methoxy groups -OCH3 is 2. The van der Waals surface area contributed by atoms with Gasteiger partial charge >= 0.3 is 0 Å². The van der Waals surface area contributed by atoms with Crippen molar-refractivity contribution >= 4 is 10.9 Å².